The maximum absolute atomic E-state index is 11.9. The Morgan fingerprint density at radius 1 is 0.837 bits per heavy atom. The molecule has 5 N–H and O–H groups in total. The average molecular weight is 650 g/mol. The number of ketones is 2. The summed E-state index contributed by atoms with van der Waals surface area (Å²) in [7, 11) is -8.15. The number of fused-ring (bicyclic) bond motifs is 4. The van der Waals surface area contributed by atoms with Gasteiger partial charge in [-0.25, -0.2) is 0 Å². The van der Waals surface area contributed by atoms with E-state index in [1.807, 2.05) is 48.5 Å². The molecule has 0 aromatic rings. The van der Waals surface area contributed by atoms with Gasteiger partial charge in [0.2, 0.25) is 5.91 Å². The number of carbonyl (C=O) groups is 3. The number of Topliss-reactive ketones (excluding diaryl/α,β-unsaturated/α-hetero) is 2. The van der Waals surface area contributed by atoms with Gasteiger partial charge in [0.05, 0.1) is 28.4 Å². The van der Waals surface area contributed by atoms with Crippen LogP contribution in [0.3, 0.4) is 0 Å². The van der Waals surface area contributed by atoms with E-state index in [0.717, 1.165) is 32.5 Å². The number of hydrogen-bond acceptors (Lipinski definition) is 9. The first-order valence-electron chi connectivity index (χ1n) is 15.1. The molecule has 1 amide bonds. The number of amides is 1. The number of carbonyl (C=O) groups excluding carboxylic acids is 3. The molecular formula is C29H51N3O9S2. The zero-order chi connectivity index (χ0) is 32.9. The lowest BCUT2D eigenvalue weighted by molar-refractivity contribution is -0.128. The van der Waals surface area contributed by atoms with E-state index in [-0.39, 0.29) is 51.7 Å². The van der Waals surface area contributed by atoms with Crippen LogP contribution in [0.4, 0.5) is 0 Å². The van der Waals surface area contributed by atoms with Crippen molar-refractivity contribution in [1.82, 2.24) is 16.0 Å². The highest BCUT2D eigenvalue weighted by atomic mass is 32.2. The summed E-state index contributed by atoms with van der Waals surface area (Å²) >= 11 is 0. The maximum atomic E-state index is 11.9. The van der Waals surface area contributed by atoms with E-state index in [4.69, 9.17) is 9.11 Å². The standard InChI is InChI=1S/2C10H16O4S.C9H19N3O/c2*1-9(2)7-3-4-10(9,8(11)5-7)6-15(12,13)14;1-9(2,3)12-8(13)7-6-10-4-5-11-7/h2*7H,3-6H2,1-2H3,(H,12,13,14);7,10-11H,4-6H2,1-3H3,(H,12,13)/t2*7?,10-;7-/m110/s1. The van der Waals surface area contributed by atoms with Crippen LogP contribution in [0.15, 0.2) is 0 Å². The average Bonchev–Trinajstić information content (AvgIpc) is 3.35. The molecule has 0 aromatic heterocycles. The molecule has 248 valence electrons. The molecule has 12 nitrogen and oxygen atoms in total. The summed E-state index contributed by atoms with van der Waals surface area (Å²) in [6.45, 7) is 16.3. The first-order chi connectivity index (χ1) is 19.4. The Morgan fingerprint density at radius 2 is 1.26 bits per heavy atom. The number of hydrogen-bond donors (Lipinski definition) is 5. The molecule has 5 rings (SSSR count). The molecule has 1 saturated heterocycles. The van der Waals surface area contributed by atoms with E-state index in [1.165, 1.54) is 0 Å². The summed E-state index contributed by atoms with van der Waals surface area (Å²) < 4.78 is 62.0. The summed E-state index contributed by atoms with van der Waals surface area (Å²) in [6, 6.07) is -0.0759. The molecule has 4 aliphatic carbocycles. The van der Waals surface area contributed by atoms with Crippen molar-refractivity contribution in [3.63, 3.8) is 0 Å². The number of nitrogens with one attached hydrogen (secondary N) is 3. The van der Waals surface area contributed by atoms with Crippen molar-refractivity contribution in [1.29, 1.82) is 0 Å². The fraction of sp³-hybridized carbons (Fsp3) is 0.897. The Bertz CT molecular complexity index is 1230. The zero-order valence-corrected chi connectivity index (χ0v) is 28.2. The topological polar surface area (TPSA) is 196 Å². The summed E-state index contributed by atoms with van der Waals surface area (Å²) in [4.78, 5) is 35.4. The minimum absolute atomic E-state index is 0.0152. The van der Waals surface area contributed by atoms with Gasteiger partial charge in [-0.15, -0.1) is 0 Å². The normalized spacial score (nSPS) is 34.2. The third-order valence-corrected chi connectivity index (χ3v) is 12.7. The first kappa shape index (κ1) is 36.0. The lowest BCUT2D eigenvalue weighted by Crippen LogP contribution is -2.58. The monoisotopic (exact) mass is 649 g/mol. The van der Waals surface area contributed by atoms with Crippen LogP contribution in [0.2, 0.25) is 0 Å². The number of rotatable bonds is 5. The Balaban J connectivity index is 0.000000177. The minimum Gasteiger partial charge on any atom is -0.350 e. The summed E-state index contributed by atoms with van der Waals surface area (Å²) in [5, 5.41) is 9.29. The SMILES string of the molecule is CC(C)(C)NC(=O)[C@@H]1CNCCN1.CC1(C)C2CC[C@@]1(CS(=O)(=O)O)C(=O)C2.CC1(C)C2CC[C@@]1(CS(=O)(=O)O)C(=O)C2. The Morgan fingerprint density at radius 3 is 1.51 bits per heavy atom. The Labute approximate surface area is 256 Å². The van der Waals surface area contributed by atoms with Gasteiger partial charge in [-0.1, -0.05) is 27.7 Å². The van der Waals surface area contributed by atoms with E-state index in [0.29, 0.717) is 25.7 Å². The predicted octanol–water partition coefficient (Wildman–Crippen LogP) is 2.00. The van der Waals surface area contributed by atoms with Gasteiger partial charge >= 0.3 is 0 Å². The van der Waals surface area contributed by atoms with Crippen molar-refractivity contribution in [2.24, 2.45) is 33.5 Å². The number of piperazine rings is 1. The van der Waals surface area contributed by atoms with Crippen LogP contribution < -0.4 is 16.0 Å². The highest BCUT2D eigenvalue weighted by Crippen LogP contribution is 2.65. The van der Waals surface area contributed by atoms with Crippen molar-refractivity contribution >= 4 is 37.7 Å². The molecule has 5 aliphatic rings. The molecule has 0 aromatic carbocycles. The van der Waals surface area contributed by atoms with Crippen LogP contribution in [0.25, 0.3) is 0 Å². The van der Waals surface area contributed by atoms with Crippen molar-refractivity contribution < 1.29 is 40.3 Å². The minimum atomic E-state index is -4.08. The molecule has 14 heteroatoms. The third-order valence-electron chi connectivity index (χ3n) is 11.0. The second-order valence-electron chi connectivity index (χ2n) is 15.2. The van der Waals surface area contributed by atoms with Crippen molar-refractivity contribution in [3.8, 4) is 0 Å². The second kappa shape index (κ2) is 12.1. The molecule has 5 atom stereocenters. The molecule has 4 saturated carbocycles. The lowest BCUT2D eigenvalue weighted by Gasteiger charge is -2.35. The molecule has 2 unspecified atom stereocenters. The summed E-state index contributed by atoms with van der Waals surface area (Å²) in [6.07, 6.45) is 3.94. The van der Waals surface area contributed by atoms with Gasteiger partial charge in [0.25, 0.3) is 20.2 Å². The second-order valence-corrected chi connectivity index (χ2v) is 18.1. The van der Waals surface area contributed by atoms with Crippen LogP contribution in [-0.2, 0) is 34.6 Å². The van der Waals surface area contributed by atoms with Crippen molar-refractivity contribution in [2.45, 2.75) is 98.6 Å². The molecule has 0 radical (unpaired) electrons. The quantitative estimate of drug-likeness (QED) is 0.273. The van der Waals surface area contributed by atoms with Crippen LogP contribution in [0.1, 0.15) is 87.0 Å². The molecule has 43 heavy (non-hydrogen) atoms. The fourth-order valence-corrected chi connectivity index (χ4v) is 10.7. The predicted molar refractivity (Wildman–Crippen MR) is 163 cm³/mol. The molecule has 1 heterocycles. The summed E-state index contributed by atoms with van der Waals surface area (Å²) in [5.41, 5.74) is -2.38. The highest BCUT2D eigenvalue weighted by Gasteiger charge is 2.66. The Hall–Kier alpha value is -1.45. The molecule has 4 bridgehead atoms. The maximum Gasteiger partial charge on any atom is 0.265 e. The van der Waals surface area contributed by atoms with Gasteiger partial charge in [-0.05, 0) is 69.1 Å². The molecular weight excluding hydrogens is 598 g/mol. The first-order valence-corrected chi connectivity index (χ1v) is 18.3. The van der Waals surface area contributed by atoms with Gasteiger partial charge < -0.3 is 16.0 Å². The molecule has 0 spiro atoms. The van der Waals surface area contributed by atoms with Crippen LogP contribution in [-0.4, -0.2) is 86.1 Å². The van der Waals surface area contributed by atoms with E-state index >= 15 is 0 Å². The molecule has 5 fully saturated rings. The van der Waals surface area contributed by atoms with Gasteiger partial charge in [0.1, 0.15) is 11.6 Å². The highest BCUT2D eigenvalue weighted by molar-refractivity contribution is 7.86. The van der Waals surface area contributed by atoms with E-state index < -0.39 is 42.6 Å². The van der Waals surface area contributed by atoms with Crippen LogP contribution >= 0.6 is 0 Å². The third kappa shape index (κ3) is 7.51. The smallest absolute Gasteiger partial charge is 0.265 e. The fourth-order valence-electron chi connectivity index (χ4n) is 8.13. The zero-order valence-electron chi connectivity index (χ0n) is 26.6. The van der Waals surface area contributed by atoms with Crippen molar-refractivity contribution in [2.75, 3.05) is 31.1 Å². The Kier molecular flexibility index (Phi) is 10.1. The molecule has 1 aliphatic heterocycles. The van der Waals surface area contributed by atoms with Gasteiger partial charge in [-0.3, -0.25) is 23.5 Å². The van der Waals surface area contributed by atoms with Gasteiger partial charge in [0, 0.05) is 38.0 Å². The van der Waals surface area contributed by atoms with Crippen LogP contribution in [0, 0.1) is 33.5 Å². The van der Waals surface area contributed by atoms with Gasteiger partial charge in [-0.2, -0.15) is 16.8 Å². The van der Waals surface area contributed by atoms with Crippen LogP contribution in [0.5, 0.6) is 0 Å². The van der Waals surface area contributed by atoms with E-state index in [9.17, 15) is 31.2 Å². The lowest BCUT2D eigenvalue weighted by atomic mass is 9.70. The summed E-state index contributed by atoms with van der Waals surface area (Å²) in [5.74, 6) is -0.119. The van der Waals surface area contributed by atoms with E-state index in [1.54, 1.807) is 0 Å². The largest absolute Gasteiger partial charge is 0.350 e. The van der Waals surface area contributed by atoms with Crippen molar-refractivity contribution in [3.05, 3.63) is 0 Å². The van der Waals surface area contributed by atoms with E-state index in [2.05, 4.69) is 16.0 Å². The van der Waals surface area contributed by atoms with Gasteiger partial charge in [0.15, 0.2) is 0 Å².